The van der Waals surface area contributed by atoms with Crippen molar-refractivity contribution in [1.29, 1.82) is 0 Å². The predicted octanol–water partition coefficient (Wildman–Crippen LogP) is 4.20. The van der Waals surface area contributed by atoms with E-state index >= 15 is 0 Å². The molecule has 0 heterocycles. The molecule has 0 fully saturated rings. The molecule has 0 unspecified atom stereocenters. The Morgan fingerprint density at radius 2 is 1.52 bits per heavy atom. The van der Waals surface area contributed by atoms with Crippen molar-refractivity contribution in [1.82, 2.24) is 10.9 Å². The monoisotopic (exact) mass is 388 g/mol. The summed E-state index contributed by atoms with van der Waals surface area (Å²) in [5, 5.41) is 1.47. The van der Waals surface area contributed by atoms with Crippen LogP contribution >= 0.6 is 46.6 Å². The molecule has 120 valence electrons. The highest BCUT2D eigenvalue weighted by Crippen LogP contribution is 2.33. The second-order valence-corrected chi connectivity index (χ2v) is 6.59. The van der Waals surface area contributed by atoms with Crippen molar-refractivity contribution in [3.05, 3.63) is 63.1 Å². The lowest BCUT2D eigenvalue weighted by molar-refractivity contribution is -0.119. The molecule has 2 aromatic carbocycles. The van der Waals surface area contributed by atoms with Crippen LogP contribution in [-0.2, 0) is 4.79 Å². The molecular weight excluding hydrogens is 379 g/mol. The topological polar surface area (TPSA) is 58.2 Å². The van der Waals surface area contributed by atoms with Crippen LogP contribution in [0.25, 0.3) is 0 Å². The molecule has 0 aromatic heterocycles. The molecule has 0 radical (unpaired) electrons. The first-order valence-corrected chi connectivity index (χ1v) is 8.51. The van der Waals surface area contributed by atoms with Crippen molar-refractivity contribution in [3.63, 3.8) is 0 Å². The van der Waals surface area contributed by atoms with Crippen molar-refractivity contribution < 1.29 is 9.59 Å². The molecule has 8 heteroatoms. The van der Waals surface area contributed by atoms with E-state index in [1.807, 2.05) is 0 Å². The van der Waals surface area contributed by atoms with E-state index in [0.717, 1.165) is 0 Å². The van der Waals surface area contributed by atoms with Crippen LogP contribution in [0.1, 0.15) is 10.4 Å². The summed E-state index contributed by atoms with van der Waals surface area (Å²) >= 11 is 19.0. The number of benzene rings is 2. The van der Waals surface area contributed by atoms with Crippen LogP contribution in [0, 0.1) is 0 Å². The Bertz CT molecular complexity index is 703. The normalized spacial score (nSPS) is 10.2. The van der Waals surface area contributed by atoms with Gasteiger partial charge in [0.15, 0.2) is 0 Å². The maximum absolute atomic E-state index is 11.8. The van der Waals surface area contributed by atoms with Gasteiger partial charge >= 0.3 is 0 Å². The van der Waals surface area contributed by atoms with Crippen LogP contribution in [-0.4, -0.2) is 17.6 Å². The SMILES string of the molecule is O=C(CSc1c(Cl)cccc1Cl)NNC(=O)c1ccc(Cl)cc1. The third-order valence-electron chi connectivity index (χ3n) is 2.69. The molecule has 0 saturated carbocycles. The average Bonchev–Trinajstić information content (AvgIpc) is 2.53. The molecule has 2 aromatic rings. The van der Waals surface area contributed by atoms with Crippen LogP contribution in [0.15, 0.2) is 47.4 Å². The summed E-state index contributed by atoms with van der Waals surface area (Å²) in [4.78, 5) is 24.2. The summed E-state index contributed by atoms with van der Waals surface area (Å²) in [5.41, 5.74) is 5.03. The van der Waals surface area contributed by atoms with Crippen molar-refractivity contribution >= 4 is 58.4 Å². The Morgan fingerprint density at radius 3 is 2.13 bits per heavy atom. The average molecular weight is 390 g/mol. The van der Waals surface area contributed by atoms with Crippen LogP contribution in [0.4, 0.5) is 0 Å². The zero-order chi connectivity index (χ0) is 16.8. The molecule has 0 bridgehead atoms. The number of carbonyl (C=O) groups excluding carboxylic acids is 2. The standard InChI is InChI=1S/C15H11Cl3N2O2S/c16-10-6-4-9(5-7-10)15(22)20-19-13(21)8-23-14-11(17)2-1-3-12(14)18/h1-7H,8H2,(H,19,21)(H,20,22). The number of halogens is 3. The Kier molecular flexibility index (Phi) is 6.59. The van der Waals surface area contributed by atoms with Gasteiger partial charge in [0.05, 0.1) is 15.8 Å². The number of thioether (sulfide) groups is 1. The van der Waals surface area contributed by atoms with Gasteiger partial charge < -0.3 is 0 Å². The molecule has 2 N–H and O–H groups in total. The fraction of sp³-hybridized carbons (Fsp3) is 0.0667. The molecule has 0 atom stereocenters. The summed E-state index contributed by atoms with van der Waals surface area (Å²) < 4.78 is 0. The number of carbonyl (C=O) groups is 2. The lowest BCUT2D eigenvalue weighted by Gasteiger charge is -2.09. The maximum Gasteiger partial charge on any atom is 0.269 e. The third kappa shape index (κ3) is 5.32. The Labute approximate surface area is 152 Å². The van der Waals surface area contributed by atoms with Crippen molar-refractivity contribution in [3.8, 4) is 0 Å². The second kappa shape index (κ2) is 8.45. The van der Waals surface area contributed by atoms with E-state index in [4.69, 9.17) is 34.8 Å². The lowest BCUT2D eigenvalue weighted by Crippen LogP contribution is -2.42. The van der Waals surface area contributed by atoms with Crippen LogP contribution in [0.5, 0.6) is 0 Å². The molecule has 0 aliphatic rings. The summed E-state index contributed by atoms with van der Waals surface area (Å²) in [6.07, 6.45) is 0. The fourth-order valence-electron chi connectivity index (χ4n) is 1.59. The van der Waals surface area contributed by atoms with Crippen LogP contribution < -0.4 is 10.9 Å². The highest BCUT2D eigenvalue weighted by atomic mass is 35.5. The van der Waals surface area contributed by atoms with Gasteiger partial charge in [0.1, 0.15) is 0 Å². The van der Waals surface area contributed by atoms with Gasteiger partial charge in [-0.15, -0.1) is 11.8 Å². The van der Waals surface area contributed by atoms with Gasteiger partial charge in [-0.05, 0) is 36.4 Å². The van der Waals surface area contributed by atoms with Crippen LogP contribution in [0.2, 0.25) is 15.1 Å². The highest BCUT2D eigenvalue weighted by Gasteiger charge is 2.11. The molecule has 2 rings (SSSR count). The first-order valence-electron chi connectivity index (χ1n) is 6.39. The van der Waals surface area contributed by atoms with E-state index < -0.39 is 5.91 Å². The first-order chi connectivity index (χ1) is 11.0. The molecular formula is C15H11Cl3N2O2S. The molecule has 23 heavy (non-hydrogen) atoms. The van der Waals surface area contributed by atoms with Gasteiger partial charge in [-0.2, -0.15) is 0 Å². The van der Waals surface area contributed by atoms with Gasteiger partial charge in [-0.25, -0.2) is 0 Å². The number of hydrogen-bond donors (Lipinski definition) is 2. The van der Waals surface area contributed by atoms with E-state index in [0.29, 0.717) is 25.5 Å². The quantitative estimate of drug-likeness (QED) is 0.608. The summed E-state index contributed by atoms with van der Waals surface area (Å²) in [7, 11) is 0. The number of amides is 2. The predicted molar refractivity (Wildman–Crippen MR) is 94.2 cm³/mol. The zero-order valence-electron chi connectivity index (χ0n) is 11.6. The van der Waals surface area contributed by atoms with Crippen LogP contribution in [0.3, 0.4) is 0 Å². The van der Waals surface area contributed by atoms with E-state index in [9.17, 15) is 9.59 Å². The summed E-state index contributed by atoms with van der Waals surface area (Å²) in [5.74, 6) is -0.756. The Hall–Kier alpha value is -1.40. The highest BCUT2D eigenvalue weighted by molar-refractivity contribution is 8.00. The Morgan fingerprint density at radius 1 is 0.913 bits per heavy atom. The van der Waals surface area contributed by atoms with Gasteiger partial charge in [-0.3, -0.25) is 20.4 Å². The largest absolute Gasteiger partial charge is 0.272 e. The molecule has 0 saturated heterocycles. The summed E-state index contributed by atoms with van der Waals surface area (Å²) in [6, 6.07) is 11.4. The lowest BCUT2D eigenvalue weighted by atomic mass is 10.2. The van der Waals surface area contributed by atoms with Gasteiger partial charge in [0.25, 0.3) is 5.91 Å². The first kappa shape index (κ1) is 17.9. The van der Waals surface area contributed by atoms with E-state index in [1.165, 1.54) is 11.8 Å². The molecule has 0 aliphatic heterocycles. The molecule has 0 aliphatic carbocycles. The zero-order valence-corrected chi connectivity index (χ0v) is 14.7. The number of nitrogens with one attached hydrogen (secondary N) is 2. The molecule has 2 amide bonds. The maximum atomic E-state index is 11.8. The molecule has 0 spiro atoms. The van der Waals surface area contributed by atoms with Crippen molar-refractivity contribution in [2.24, 2.45) is 0 Å². The smallest absolute Gasteiger partial charge is 0.269 e. The van der Waals surface area contributed by atoms with Crippen molar-refractivity contribution in [2.75, 3.05) is 5.75 Å². The summed E-state index contributed by atoms with van der Waals surface area (Å²) in [6.45, 7) is 0. The minimum atomic E-state index is -0.434. The van der Waals surface area contributed by atoms with Gasteiger partial charge in [0, 0.05) is 15.5 Å². The van der Waals surface area contributed by atoms with E-state index in [1.54, 1.807) is 42.5 Å². The third-order valence-corrected chi connectivity index (χ3v) is 4.93. The Balaban J connectivity index is 1.83. The van der Waals surface area contributed by atoms with E-state index in [2.05, 4.69) is 10.9 Å². The fourth-order valence-corrected chi connectivity index (χ4v) is 3.20. The van der Waals surface area contributed by atoms with Gasteiger partial charge in [-0.1, -0.05) is 40.9 Å². The number of hydrazine groups is 1. The van der Waals surface area contributed by atoms with Crippen molar-refractivity contribution in [2.45, 2.75) is 4.90 Å². The minimum absolute atomic E-state index is 0.0599. The molecule has 4 nitrogen and oxygen atoms in total. The van der Waals surface area contributed by atoms with Gasteiger partial charge in [0.2, 0.25) is 5.91 Å². The van der Waals surface area contributed by atoms with E-state index in [-0.39, 0.29) is 11.7 Å². The number of hydrogen-bond acceptors (Lipinski definition) is 3. The number of rotatable bonds is 4. The second-order valence-electron chi connectivity index (χ2n) is 4.35. The minimum Gasteiger partial charge on any atom is -0.272 e.